The van der Waals surface area contributed by atoms with Crippen molar-refractivity contribution in [2.24, 2.45) is 5.92 Å². The van der Waals surface area contributed by atoms with E-state index >= 15 is 0 Å². The van der Waals surface area contributed by atoms with Crippen LogP contribution in [0.15, 0.2) is 30.3 Å². The molecule has 0 heterocycles. The fraction of sp³-hybridized carbons (Fsp3) is 0.529. The van der Waals surface area contributed by atoms with Crippen molar-refractivity contribution in [1.29, 1.82) is 0 Å². The van der Waals surface area contributed by atoms with Gasteiger partial charge < -0.3 is 5.32 Å². The van der Waals surface area contributed by atoms with E-state index in [4.69, 9.17) is 0 Å². The third-order valence-corrected chi connectivity index (χ3v) is 4.16. The van der Waals surface area contributed by atoms with Crippen LogP contribution in [0.2, 0.25) is 0 Å². The van der Waals surface area contributed by atoms with Gasteiger partial charge >= 0.3 is 12.2 Å². The molecule has 1 aliphatic rings. The molecular weight excluding hydrogens is 335 g/mol. The van der Waals surface area contributed by atoms with E-state index in [0.29, 0.717) is 12.5 Å². The summed E-state index contributed by atoms with van der Waals surface area (Å²) >= 11 is 0. The van der Waals surface area contributed by atoms with E-state index in [0.717, 1.165) is 18.4 Å². The Morgan fingerprint density at radius 3 is 2.44 bits per heavy atom. The van der Waals surface area contributed by atoms with E-state index < -0.39 is 24.7 Å². The Morgan fingerprint density at radius 2 is 1.88 bits per heavy atom. The number of amides is 3. The Hall–Kier alpha value is -2.09. The molecule has 1 saturated carbocycles. The summed E-state index contributed by atoms with van der Waals surface area (Å²) in [6.45, 7) is 1.04. The van der Waals surface area contributed by atoms with Crippen molar-refractivity contribution < 1.29 is 22.8 Å². The van der Waals surface area contributed by atoms with Gasteiger partial charge in [0.25, 0.3) is 0 Å². The van der Waals surface area contributed by atoms with Crippen LogP contribution in [0.4, 0.5) is 18.0 Å². The lowest BCUT2D eigenvalue weighted by Crippen LogP contribution is -2.48. The molecule has 1 aliphatic carbocycles. The Morgan fingerprint density at radius 1 is 1.24 bits per heavy atom. The fourth-order valence-electron chi connectivity index (χ4n) is 2.61. The molecule has 0 spiro atoms. The van der Waals surface area contributed by atoms with Crippen LogP contribution in [0.1, 0.15) is 25.3 Å². The Kier molecular flexibility index (Phi) is 6.41. The maximum atomic E-state index is 12.1. The zero-order valence-corrected chi connectivity index (χ0v) is 14.0. The van der Waals surface area contributed by atoms with Crippen LogP contribution < -0.4 is 10.6 Å². The smallest absolute Gasteiger partial charge is 0.329 e. The first-order valence-electron chi connectivity index (χ1n) is 8.17. The van der Waals surface area contributed by atoms with Gasteiger partial charge in [0.1, 0.15) is 6.54 Å². The summed E-state index contributed by atoms with van der Waals surface area (Å²) in [4.78, 5) is 25.4. The molecule has 0 aliphatic heterocycles. The molecule has 0 saturated heterocycles. The number of imide groups is 1. The molecule has 25 heavy (non-hydrogen) atoms. The highest BCUT2D eigenvalue weighted by molar-refractivity contribution is 5.95. The van der Waals surface area contributed by atoms with E-state index in [1.54, 1.807) is 5.32 Å². The van der Waals surface area contributed by atoms with Gasteiger partial charge in [-0.1, -0.05) is 30.3 Å². The normalized spacial score (nSPS) is 15.7. The minimum Gasteiger partial charge on any atom is -0.329 e. The van der Waals surface area contributed by atoms with Gasteiger partial charge in [0.15, 0.2) is 0 Å². The van der Waals surface area contributed by atoms with Crippen molar-refractivity contribution >= 4 is 11.9 Å². The van der Waals surface area contributed by atoms with Gasteiger partial charge in [-0.05, 0) is 31.2 Å². The average molecular weight is 357 g/mol. The van der Waals surface area contributed by atoms with Crippen LogP contribution in [0, 0.1) is 5.92 Å². The molecule has 2 N–H and O–H groups in total. The second kappa shape index (κ2) is 8.33. The van der Waals surface area contributed by atoms with Crippen molar-refractivity contribution in [1.82, 2.24) is 15.5 Å². The third-order valence-electron chi connectivity index (χ3n) is 4.16. The topological polar surface area (TPSA) is 61.4 Å². The van der Waals surface area contributed by atoms with Crippen molar-refractivity contribution in [2.75, 3.05) is 13.1 Å². The maximum absolute atomic E-state index is 12.1. The molecule has 1 atom stereocenters. The molecule has 2 rings (SSSR count). The number of nitrogens with one attached hydrogen (secondary N) is 2. The quantitative estimate of drug-likeness (QED) is 0.789. The van der Waals surface area contributed by atoms with E-state index in [1.165, 1.54) is 0 Å². The van der Waals surface area contributed by atoms with Gasteiger partial charge in [-0.2, -0.15) is 13.2 Å². The van der Waals surface area contributed by atoms with Crippen LogP contribution >= 0.6 is 0 Å². The highest BCUT2D eigenvalue weighted by Crippen LogP contribution is 2.35. The zero-order chi connectivity index (χ0) is 18.4. The lowest BCUT2D eigenvalue weighted by atomic mass is 10.1. The van der Waals surface area contributed by atoms with Crippen LogP contribution in [0.3, 0.4) is 0 Å². The molecule has 0 bridgehead atoms. The van der Waals surface area contributed by atoms with Gasteiger partial charge in [-0.25, -0.2) is 4.79 Å². The van der Waals surface area contributed by atoms with Gasteiger partial charge in [0, 0.05) is 12.6 Å². The van der Waals surface area contributed by atoms with Crippen molar-refractivity contribution in [3.8, 4) is 0 Å². The molecular formula is C17H22F3N3O2. The summed E-state index contributed by atoms with van der Waals surface area (Å²) < 4.78 is 36.2. The number of nitrogens with zero attached hydrogens (tertiary/aromatic N) is 1. The molecule has 3 amide bonds. The highest BCUT2D eigenvalue weighted by atomic mass is 19.4. The number of hydrogen-bond acceptors (Lipinski definition) is 3. The minimum atomic E-state index is -4.51. The first-order chi connectivity index (χ1) is 11.7. The number of rotatable bonds is 7. The first kappa shape index (κ1) is 19.2. The van der Waals surface area contributed by atoms with E-state index in [-0.39, 0.29) is 12.6 Å². The number of halogens is 3. The van der Waals surface area contributed by atoms with Crippen LogP contribution in [-0.2, 0) is 11.3 Å². The molecule has 8 heteroatoms. The number of benzene rings is 1. The monoisotopic (exact) mass is 357 g/mol. The summed E-state index contributed by atoms with van der Waals surface area (Å²) in [5.74, 6) is -0.112. The standard InChI is InChI=1S/C17H22F3N3O2/c1-12(14-7-8-14)23(9-13-5-3-2-4-6-13)10-15(24)22-16(25)21-11-17(18,19)20/h2-6,12,14H,7-11H2,1H3,(H2,21,22,24,25). The van der Waals surface area contributed by atoms with E-state index in [2.05, 4.69) is 0 Å². The molecule has 0 radical (unpaired) electrons. The number of hydrogen-bond donors (Lipinski definition) is 2. The molecule has 0 aromatic heterocycles. The Balaban J connectivity index is 1.89. The molecule has 5 nitrogen and oxygen atoms in total. The van der Waals surface area contributed by atoms with Crippen molar-refractivity contribution in [2.45, 2.75) is 38.5 Å². The molecule has 1 aromatic carbocycles. The largest absolute Gasteiger partial charge is 0.405 e. The molecule has 1 unspecified atom stereocenters. The number of carbonyl (C=O) groups is 2. The summed E-state index contributed by atoms with van der Waals surface area (Å²) in [5, 5.41) is 3.58. The second-order valence-electron chi connectivity index (χ2n) is 6.31. The summed E-state index contributed by atoms with van der Waals surface area (Å²) in [5.41, 5.74) is 1.03. The lowest BCUT2D eigenvalue weighted by molar-refractivity contribution is -0.125. The van der Waals surface area contributed by atoms with E-state index in [9.17, 15) is 22.8 Å². The zero-order valence-electron chi connectivity index (χ0n) is 14.0. The molecule has 1 aromatic rings. The van der Waals surface area contributed by atoms with E-state index in [1.807, 2.05) is 47.5 Å². The van der Waals surface area contributed by atoms with Gasteiger partial charge in [-0.3, -0.25) is 15.0 Å². The number of urea groups is 1. The summed E-state index contributed by atoms with van der Waals surface area (Å²) in [7, 11) is 0. The predicted octanol–water partition coefficient (Wildman–Crippen LogP) is 2.68. The highest BCUT2D eigenvalue weighted by Gasteiger charge is 2.33. The minimum absolute atomic E-state index is 0.0496. The Labute approximate surface area is 144 Å². The van der Waals surface area contributed by atoms with Crippen molar-refractivity contribution in [3.05, 3.63) is 35.9 Å². The second-order valence-corrected chi connectivity index (χ2v) is 6.31. The van der Waals surface area contributed by atoms with Crippen LogP contribution in [0.25, 0.3) is 0 Å². The fourth-order valence-corrected chi connectivity index (χ4v) is 2.61. The average Bonchev–Trinajstić information content (AvgIpc) is 3.37. The molecule has 138 valence electrons. The lowest BCUT2D eigenvalue weighted by Gasteiger charge is -2.28. The SMILES string of the molecule is CC(C1CC1)N(CC(=O)NC(=O)NCC(F)(F)F)Cc1ccccc1. The first-order valence-corrected chi connectivity index (χ1v) is 8.17. The van der Waals surface area contributed by atoms with Crippen LogP contribution in [-0.4, -0.2) is 42.1 Å². The number of alkyl halides is 3. The Bertz CT molecular complexity index is 589. The molecule has 1 fully saturated rings. The van der Waals surface area contributed by atoms with Gasteiger partial charge in [-0.15, -0.1) is 0 Å². The van der Waals surface area contributed by atoms with Crippen LogP contribution in [0.5, 0.6) is 0 Å². The van der Waals surface area contributed by atoms with Crippen molar-refractivity contribution in [3.63, 3.8) is 0 Å². The number of carbonyl (C=O) groups excluding carboxylic acids is 2. The van der Waals surface area contributed by atoms with Gasteiger partial charge in [0.2, 0.25) is 5.91 Å². The van der Waals surface area contributed by atoms with Gasteiger partial charge in [0.05, 0.1) is 6.54 Å². The predicted molar refractivity (Wildman–Crippen MR) is 86.6 cm³/mol. The summed E-state index contributed by atoms with van der Waals surface area (Å²) in [6, 6.07) is 8.61. The third kappa shape index (κ3) is 7.13. The maximum Gasteiger partial charge on any atom is 0.405 e. The summed E-state index contributed by atoms with van der Waals surface area (Å²) in [6.07, 6.45) is -2.32.